The largest absolute Gasteiger partial charge is 0.464 e. The van der Waals surface area contributed by atoms with Gasteiger partial charge in [0.05, 0.1) is 12.7 Å². The van der Waals surface area contributed by atoms with Crippen LogP contribution in [0, 0.1) is 5.92 Å². The van der Waals surface area contributed by atoms with E-state index >= 15 is 0 Å². The number of carbonyl (C=O) groups is 2. The molecule has 2 aliphatic heterocycles. The van der Waals surface area contributed by atoms with Crippen molar-refractivity contribution < 1.29 is 24.2 Å². The summed E-state index contributed by atoms with van der Waals surface area (Å²) in [7, 11) is 0. The molecule has 2 unspecified atom stereocenters. The zero-order chi connectivity index (χ0) is 15.8. The monoisotopic (exact) mass is 299 g/mol. The highest BCUT2D eigenvalue weighted by molar-refractivity contribution is 5.83. The van der Waals surface area contributed by atoms with Gasteiger partial charge in [0.25, 0.3) is 0 Å². The van der Waals surface area contributed by atoms with E-state index in [2.05, 4.69) is 0 Å². The lowest BCUT2D eigenvalue weighted by Crippen LogP contribution is -2.65. The van der Waals surface area contributed by atoms with Crippen molar-refractivity contribution in [3.63, 3.8) is 0 Å². The minimum Gasteiger partial charge on any atom is -0.464 e. The summed E-state index contributed by atoms with van der Waals surface area (Å²) in [6.45, 7) is 7.36. The first kappa shape index (κ1) is 16.1. The Hall–Kier alpha value is -1.30. The smallest absolute Gasteiger partial charge is 0.411 e. The predicted octanol–water partition coefficient (Wildman–Crippen LogP) is 1.70. The number of carbonyl (C=O) groups excluding carboxylic acids is 2. The van der Waals surface area contributed by atoms with Crippen LogP contribution in [0.25, 0.3) is 0 Å². The molecule has 0 radical (unpaired) electrons. The van der Waals surface area contributed by atoms with Gasteiger partial charge in [-0.25, -0.2) is 9.59 Å². The Bertz CT molecular complexity index is 417. The van der Waals surface area contributed by atoms with Gasteiger partial charge in [-0.2, -0.15) is 0 Å². The van der Waals surface area contributed by atoms with E-state index in [-0.39, 0.29) is 18.6 Å². The summed E-state index contributed by atoms with van der Waals surface area (Å²) in [5.41, 5.74) is -0.619. The Morgan fingerprint density at radius 3 is 2.48 bits per heavy atom. The van der Waals surface area contributed by atoms with Crippen molar-refractivity contribution in [3.8, 4) is 0 Å². The average molecular weight is 299 g/mol. The average Bonchev–Trinajstić information content (AvgIpc) is 2.36. The molecule has 1 amide bonds. The van der Waals surface area contributed by atoms with Crippen molar-refractivity contribution in [2.24, 2.45) is 5.92 Å². The molecule has 4 atom stereocenters. The van der Waals surface area contributed by atoms with Crippen LogP contribution in [0.2, 0.25) is 0 Å². The summed E-state index contributed by atoms with van der Waals surface area (Å²) in [5.74, 6) is -0.710. The Labute approximate surface area is 125 Å². The fraction of sp³-hybridized carbons (Fsp3) is 0.867. The molecule has 2 bridgehead atoms. The summed E-state index contributed by atoms with van der Waals surface area (Å²) in [5, 5.41) is 10.1. The molecule has 2 saturated heterocycles. The van der Waals surface area contributed by atoms with E-state index < -0.39 is 29.8 Å². The van der Waals surface area contributed by atoms with E-state index in [1.54, 1.807) is 27.7 Å². The van der Waals surface area contributed by atoms with Crippen LogP contribution >= 0.6 is 0 Å². The number of piperidine rings is 2. The zero-order valence-corrected chi connectivity index (χ0v) is 13.2. The van der Waals surface area contributed by atoms with Gasteiger partial charge in [-0.3, -0.25) is 4.90 Å². The molecular formula is C15H25NO5. The van der Waals surface area contributed by atoms with Crippen molar-refractivity contribution in [3.05, 3.63) is 0 Å². The highest BCUT2D eigenvalue weighted by Crippen LogP contribution is 2.41. The minimum absolute atomic E-state index is 0.158. The fourth-order valence-corrected chi connectivity index (χ4v) is 3.30. The maximum atomic E-state index is 12.4. The first-order chi connectivity index (χ1) is 9.74. The predicted molar refractivity (Wildman–Crippen MR) is 75.6 cm³/mol. The van der Waals surface area contributed by atoms with Crippen LogP contribution in [-0.4, -0.2) is 52.5 Å². The molecule has 6 heteroatoms. The van der Waals surface area contributed by atoms with Crippen LogP contribution in [0.15, 0.2) is 0 Å². The van der Waals surface area contributed by atoms with Gasteiger partial charge >= 0.3 is 12.1 Å². The van der Waals surface area contributed by atoms with Crippen molar-refractivity contribution in [1.82, 2.24) is 4.90 Å². The van der Waals surface area contributed by atoms with Gasteiger partial charge in [0, 0.05) is 12.0 Å². The number of aliphatic hydroxyl groups is 1. The maximum Gasteiger partial charge on any atom is 0.411 e. The molecule has 6 nitrogen and oxygen atoms in total. The van der Waals surface area contributed by atoms with Crippen LogP contribution < -0.4 is 0 Å². The Balaban J connectivity index is 2.23. The van der Waals surface area contributed by atoms with Gasteiger partial charge in [-0.1, -0.05) is 0 Å². The molecule has 0 aromatic carbocycles. The van der Waals surface area contributed by atoms with E-state index in [0.717, 1.165) is 12.8 Å². The van der Waals surface area contributed by atoms with Crippen molar-refractivity contribution in [1.29, 1.82) is 0 Å². The normalized spacial score (nSPS) is 32.0. The Morgan fingerprint density at radius 1 is 1.29 bits per heavy atom. The highest BCUT2D eigenvalue weighted by atomic mass is 16.6. The third-order valence-electron chi connectivity index (χ3n) is 4.07. The SMILES string of the molecule is CCOC(=O)[C@H]1C2CCC(C[C@H]2O)N1C(=O)OC(C)(C)C. The Morgan fingerprint density at radius 2 is 1.95 bits per heavy atom. The third-order valence-corrected chi connectivity index (χ3v) is 4.07. The second-order valence-electron chi connectivity index (χ2n) is 6.78. The standard InChI is InChI=1S/C15H25NO5/c1-5-20-13(18)12-10-7-6-9(8-11(10)17)16(12)14(19)21-15(2,3)4/h9-12,17H,5-8H2,1-4H3/t9?,10?,11-,12-/m1/s1. The third kappa shape index (κ3) is 3.31. The van der Waals surface area contributed by atoms with Crippen LogP contribution in [0.4, 0.5) is 4.79 Å². The lowest BCUT2D eigenvalue weighted by molar-refractivity contribution is -0.165. The maximum absolute atomic E-state index is 12.4. The van der Waals surface area contributed by atoms with Crippen molar-refractivity contribution in [2.75, 3.05) is 6.61 Å². The number of ether oxygens (including phenoxy) is 2. The molecular weight excluding hydrogens is 274 g/mol. The van der Waals surface area contributed by atoms with Gasteiger partial charge in [-0.05, 0) is 47.0 Å². The van der Waals surface area contributed by atoms with Gasteiger partial charge in [-0.15, -0.1) is 0 Å². The van der Waals surface area contributed by atoms with Gasteiger partial charge in [0.15, 0.2) is 0 Å². The molecule has 1 aliphatic carbocycles. The molecule has 2 heterocycles. The second kappa shape index (κ2) is 5.83. The molecule has 0 spiro atoms. The van der Waals surface area contributed by atoms with Crippen molar-refractivity contribution in [2.45, 2.75) is 70.7 Å². The molecule has 1 N–H and O–H groups in total. The number of hydrogen-bond acceptors (Lipinski definition) is 5. The molecule has 21 heavy (non-hydrogen) atoms. The summed E-state index contributed by atoms with van der Waals surface area (Å²) >= 11 is 0. The number of esters is 1. The summed E-state index contributed by atoms with van der Waals surface area (Å²) in [6, 6.07) is -0.892. The number of rotatable bonds is 2. The number of amides is 1. The molecule has 1 saturated carbocycles. The lowest BCUT2D eigenvalue weighted by Gasteiger charge is -2.51. The number of fused-ring (bicyclic) bond motifs is 3. The molecule has 120 valence electrons. The molecule has 3 rings (SSSR count). The number of hydrogen-bond donors (Lipinski definition) is 1. The summed E-state index contributed by atoms with van der Waals surface area (Å²) in [6.07, 6.45) is 0.963. The van der Waals surface area contributed by atoms with Crippen LogP contribution in [-0.2, 0) is 14.3 Å². The molecule has 3 aliphatic rings. The quantitative estimate of drug-likeness (QED) is 0.785. The summed E-state index contributed by atoms with van der Waals surface area (Å²) < 4.78 is 10.5. The van der Waals surface area contributed by atoms with Gasteiger partial charge in [0.1, 0.15) is 11.6 Å². The van der Waals surface area contributed by atoms with E-state index in [9.17, 15) is 14.7 Å². The minimum atomic E-state index is -0.734. The van der Waals surface area contributed by atoms with E-state index in [1.807, 2.05) is 0 Å². The van der Waals surface area contributed by atoms with E-state index in [0.29, 0.717) is 6.42 Å². The summed E-state index contributed by atoms with van der Waals surface area (Å²) in [4.78, 5) is 26.2. The van der Waals surface area contributed by atoms with Crippen molar-refractivity contribution >= 4 is 12.1 Å². The second-order valence-corrected chi connectivity index (χ2v) is 6.78. The van der Waals surface area contributed by atoms with E-state index in [1.165, 1.54) is 4.90 Å². The Kier molecular flexibility index (Phi) is 4.46. The first-order valence-electron chi connectivity index (χ1n) is 7.60. The molecule has 0 aromatic heterocycles. The lowest BCUT2D eigenvalue weighted by atomic mass is 9.73. The van der Waals surface area contributed by atoms with Gasteiger partial charge < -0.3 is 14.6 Å². The zero-order valence-electron chi connectivity index (χ0n) is 13.2. The first-order valence-corrected chi connectivity index (χ1v) is 7.60. The van der Waals surface area contributed by atoms with Crippen LogP contribution in [0.5, 0.6) is 0 Å². The van der Waals surface area contributed by atoms with E-state index in [4.69, 9.17) is 9.47 Å². The molecule has 3 fully saturated rings. The highest BCUT2D eigenvalue weighted by Gasteiger charge is 2.53. The number of nitrogens with zero attached hydrogens (tertiary/aromatic N) is 1. The fourth-order valence-electron chi connectivity index (χ4n) is 3.30. The number of aliphatic hydroxyl groups excluding tert-OH is 1. The van der Waals surface area contributed by atoms with Crippen LogP contribution in [0.1, 0.15) is 47.0 Å². The molecule has 0 aromatic rings. The van der Waals surface area contributed by atoms with Crippen LogP contribution in [0.3, 0.4) is 0 Å². The van der Waals surface area contributed by atoms with Gasteiger partial charge in [0.2, 0.25) is 0 Å². The topological polar surface area (TPSA) is 76.1 Å².